The zero-order valence-corrected chi connectivity index (χ0v) is 10.6. The Kier molecular flexibility index (Phi) is 7.93. The molecule has 0 aromatic carbocycles. The van der Waals surface area contributed by atoms with Gasteiger partial charge in [0.1, 0.15) is 0 Å². The van der Waals surface area contributed by atoms with Gasteiger partial charge < -0.3 is 0 Å². The van der Waals surface area contributed by atoms with Crippen LogP contribution in [0.4, 0.5) is 0 Å². The lowest BCUT2D eigenvalue weighted by molar-refractivity contribution is 0.471. The van der Waals surface area contributed by atoms with Gasteiger partial charge in [-0.2, -0.15) is 0 Å². The van der Waals surface area contributed by atoms with Gasteiger partial charge in [-0.05, 0) is 31.1 Å². The van der Waals surface area contributed by atoms with Crippen LogP contribution < -0.4 is 0 Å². The van der Waals surface area contributed by atoms with Crippen molar-refractivity contribution in [1.82, 2.24) is 0 Å². The fraction of sp³-hybridized carbons (Fsp3) is 0.857. The predicted molar refractivity (Wildman–Crippen MR) is 66.5 cm³/mol. The molecule has 14 heavy (non-hydrogen) atoms. The third-order valence-corrected chi connectivity index (χ3v) is 3.11. The van der Waals surface area contributed by atoms with Gasteiger partial charge in [0.15, 0.2) is 0 Å². The van der Waals surface area contributed by atoms with Gasteiger partial charge in [0.05, 0.1) is 0 Å². The monoisotopic (exact) mass is 196 g/mol. The van der Waals surface area contributed by atoms with E-state index in [-0.39, 0.29) is 0 Å². The maximum atomic E-state index is 4.17. The van der Waals surface area contributed by atoms with Crippen molar-refractivity contribution >= 4 is 0 Å². The summed E-state index contributed by atoms with van der Waals surface area (Å²) in [5.41, 5.74) is 1.46. The van der Waals surface area contributed by atoms with Crippen LogP contribution in [0.5, 0.6) is 0 Å². The van der Waals surface area contributed by atoms with Crippen molar-refractivity contribution in [2.24, 2.45) is 11.8 Å². The third-order valence-electron chi connectivity index (χ3n) is 3.11. The molecular weight excluding hydrogens is 168 g/mol. The largest absolute Gasteiger partial charge is 0.0999 e. The van der Waals surface area contributed by atoms with Crippen LogP contribution in [0.3, 0.4) is 0 Å². The predicted octanol–water partition coefficient (Wildman–Crippen LogP) is 5.20. The van der Waals surface area contributed by atoms with Crippen LogP contribution in [0.25, 0.3) is 0 Å². The number of hydrogen-bond donors (Lipinski definition) is 0. The van der Waals surface area contributed by atoms with Crippen LogP contribution >= 0.6 is 0 Å². The van der Waals surface area contributed by atoms with Gasteiger partial charge in [-0.3, -0.25) is 0 Å². The molecule has 84 valence electrons. The first-order valence-corrected chi connectivity index (χ1v) is 6.26. The lowest BCUT2D eigenvalue weighted by atomic mass is 9.93. The molecule has 0 aliphatic carbocycles. The maximum absolute atomic E-state index is 4.17. The minimum absolute atomic E-state index is 0.823. The molecule has 0 saturated carbocycles. The summed E-state index contributed by atoms with van der Waals surface area (Å²) in [7, 11) is 0. The van der Waals surface area contributed by atoms with Gasteiger partial charge >= 0.3 is 0 Å². The fourth-order valence-corrected chi connectivity index (χ4v) is 1.83. The molecule has 0 nitrogen and oxygen atoms in total. The minimum Gasteiger partial charge on any atom is -0.0999 e. The van der Waals surface area contributed by atoms with Crippen molar-refractivity contribution < 1.29 is 0 Å². The van der Waals surface area contributed by atoms with Gasteiger partial charge in [-0.1, -0.05) is 59.1 Å². The van der Waals surface area contributed by atoms with E-state index in [2.05, 4.69) is 34.3 Å². The van der Waals surface area contributed by atoms with E-state index in [1.807, 2.05) is 0 Å². The van der Waals surface area contributed by atoms with E-state index in [4.69, 9.17) is 0 Å². The number of rotatable bonds is 8. The van der Waals surface area contributed by atoms with Crippen molar-refractivity contribution in [3.05, 3.63) is 12.2 Å². The summed E-state index contributed by atoms with van der Waals surface area (Å²) in [5, 5.41) is 0. The molecule has 0 rings (SSSR count). The van der Waals surface area contributed by atoms with E-state index in [1.165, 1.54) is 44.1 Å². The van der Waals surface area contributed by atoms with Crippen molar-refractivity contribution in [3.8, 4) is 0 Å². The lowest BCUT2D eigenvalue weighted by Crippen LogP contribution is -1.98. The highest BCUT2D eigenvalue weighted by atomic mass is 14.1. The summed E-state index contributed by atoms with van der Waals surface area (Å²) in [4.78, 5) is 0. The first-order chi connectivity index (χ1) is 6.60. The SMILES string of the molecule is C=C(CCC(C)CCC)CC(C)CC. The van der Waals surface area contributed by atoms with E-state index in [0.29, 0.717) is 0 Å². The highest BCUT2D eigenvalue weighted by molar-refractivity contribution is 4.95. The van der Waals surface area contributed by atoms with Gasteiger partial charge in [-0.25, -0.2) is 0 Å². The minimum atomic E-state index is 0.823. The molecular formula is C14H28. The van der Waals surface area contributed by atoms with Crippen LogP contribution in [-0.4, -0.2) is 0 Å². The Hall–Kier alpha value is -0.260. The van der Waals surface area contributed by atoms with Gasteiger partial charge in [-0.15, -0.1) is 0 Å². The second-order valence-electron chi connectivity index (χ2n) is 4.90. The van der Waals surface area contributed by atoms with Crippen LogP contribution in [-0.2, 0) is 0 Å². The molecule has 0 spiro atoms. The summed E-state index contributed by atoms with van der Waals surface area (Å²) < 4.78 is 0. The average Bonchev–Trinajstić information content (AvgIpc) is 2.15. The molecule has 0 bridgehead atoms. The van der Waals surface area contributed by atoms with Crippen molar-refractivity contribution in [2.45, 2.75) is 66.2 Å². The molecule has 0 saturated heterocycles. The molecule has 2 unspecified atom stereocenters. The fourth-order valence-electron chi connectivity index (χ4n) is 1.83. The molecule has 0 heterocycles. The normalized spacial score (nSPS) is 15.1. The van der Waals surface area contributed by atoms with E-state index in [9.17, 15) is 0 Å². The van der Waals surface area contributed by atoms with Gasteiger partial charge in [0.2, 0.25) is 0 Å². The standard InChI is InChI=1S/C14H28/c1-6-8-13(4)9-10-14(5)11-12(3)7-2/h12-13H,5-11H2,1-4H3. The molecule has 0 aliphatic heterocycles. The Bertz CT molecular complexity index is 146. The summed E-state index contributed by atoms with van der Waals surface area (Å²) in [5.74, 6) is 1.71. The molecule has 0 fully saturated rings. The van der Waals surface area contributed by atoms with Crippen LogP contribution in [0, 0.1) is 11.8 Å². The molecule has 0 radical (unpaired) electrons. The zero-order chi connectivity index (χ0) is 11.0. The highest BCUT2D eigenvalue weighted by Crippen LogP contribution is 2.21. The first-order valence-electron chi connectivity index (χ1n) is 6.26. The Labute approximate surface area is 90.8 Å². The first kappa shape index (κ1) is 13.7. The molecule has 0 aliphatic rings. The van der Waals surface area contributed by atoms with Crippen molar-refractivity contribution in [1.29, 1.82) is 0 Å². The van der Waals surface area contributed by atoms with Crippen LogP contribution in [0.15, 0.2) is 12.2 Å². The average molecular weight is 196 g/mol. The topological polar surface area (TPSA) is 0 Å². The summed E-state index contributed by atoms with van der Waals surface area (Å²) in [6.45, 7) is 13.4. The van der Waals surface area contributed by atoms with E-state index in [1.54, 1.807) is 0 Å². The van der Waals surface area contributed by atoms with Gasteiger partial charge in [0, 0.05) is 0 Å². The van der Waals surface area contributed by atoms with E-state index >= 15 is 0 Å². The molecule has 0 aromatic heterocycles. The molecule has 0 heteroatoms. The smallest absolute Gasteiger partial charge is 0.0297 e. The Morgan fingerprint density at radius 1 is 1.07 bits per heavy atom. The molecule has 2 atom stereocenters. The summed E-state index contributed by atoms with van der Waals surface area (Å²) >= 11 is 0. The van der Waals surface area contributed by atoms with E-state index < -0.39 is 0 Å². The van der Waals surface area contributed by atoms with Gasteiger partial charge in [0.25, 0.3) is 0 Å². The number of hydrogen-bond acceptors (Lipinski definition) is 0. The highest BCUT2D eigenvalue weighted by Gasteiger charge is 2.05. The Morgan fingerprint density at radius 3 is 2.21 bits per heavy atom. The Balaban J connectivity index is 3.53. The van der Waals surface area contributed by atoms with Crippen LogP contribution in [0.1, 0.15) is 66.2 Å². The quantitative estimate of drug-likeness (QED) is 0.468. The third kappa shape index (κ3) is 7.17. The lowest BCUT2D eigenvalue weighted by Gasteiger charge is -2.13. The van der Waals surface area contributed by atoms with Crippen LogP contribution in [0.2, 0.25) is 0 Å². The summed E-state index contributed by atoms with van der Waals surface area (Å²) in [6, 6.07) is 0. The second kappa shape index (κ2) is 8.08. The molecule has 0 N–H and O–H groups in total. The summed E-state index contributed by atoms with van der Waals surface area (Å²) in [6.07, 6.45) is 7.78. The van der Waals surface area contributed by atoms with E-state index in [0.717, 1.165) is 11.8 Å². The van der Waals surface area contributed by atoms with Crippen molar-refractivity contribution in [3.63, 3.8) is 0 Å². The zero-order valence-electron chi connectivity index (χ0n) is 10.6. The van der Waals surface area contributed by atoms with Crippen molar-refractivity contribution in [2.75, 3.05) is 0 Å². The molecule has 0 aromatic rings. The number of allylic oxidation sites excluding steroid dienone is 1. The maximum Gasteiger partial charge on any atom is -0.0297 e. The molecule has 0 amide bonds. The second-order valence-corrected chi connectivity index (χ2v) is 4.90. The Morgan fingerprint density at radius 2 is 1.71 bits per heavy atom.